The van der Waals surface area contributed by atoms with Crippen molar-refractivity contribution in [2.24, 2.45) is 5.92 Å². The molecule has 15 heavy (non-hydrogen) atoms. The fraction of sp³-hybridized carbons (Fsp3) is 0.600. The van der Waals surface area contributed by atoms with Gasteiger partial charge in [0.05, 0.1) is 12.6 Å². The van der Waals surface area contributed by atoms with Crippen LogP contribution in [0.15, 0.2) is 16.5 Å². The predicted octanol–water partition coefficient (Wildman–Crippen LogP) is 2.32. The zero-order valence-corrected chi connectivity index (χ0v) is 9.03. The maximum Gasteiger partial charge on any atom is 0.433 e. The molecule has 84 valence electrons. The average Bonchev–Trinajstić information content (AvgIpc) is 2.66. The molecule has 0 aliphatic heterocycles. The SMILES string of the molecule is CCC(C)CNCc1ccc([N+](=O)[O-])o1. The predicted molar refractivity (Wildman–Crippen MR) is 56.5 cm³/mol. The first-order chi connectivity index (χ1) is 7.13. The summed E-state index contributed by atoms with van der Waals surface area (Å²) in [6.45, 7) is 5.71. The second kappa shape index (κ2) is 5.50. The number of nitrogens with zero attached hydrogens (tertiary/aromatic N) is 1. The number of rotatable bonds is 6. The van der Waals surface area contributed by atoms with Crippen LogP contribution in [0.2, 0.25) is 0 Å². The van der Waals surface area contributed by atoms with Crippen LogP contribution >= 0.6 is 0 Å². The van der Waals surface area contributed by atoms with Crippen molar-refractivity contribution in [3.8, 4) is 0 Å². The van der Waals surface area contributed by atoms with E-state index in [0.717, 1.165) is 13.0 Å². The third-order valence-electron chi connectivity index (χ3n) is 2.32. The number of hydrogen-bond donors (Lipinski definition) is 1. The van der Waals surface area contributed by atoms with E-state index >= 15 is 0 Å². The van der Waals surface area contributed by atoms with Gasteiger partial charge in [-0.25, -0.2) is 0 Å². The molecule has 1 unspecified atom stereocenters. The average molecular weight is 212 g/mol. The lowest BCUT2D eigenvalue weighted by atomic mass is 10.1. The van der Waals surface area contributed by atoms with Crippen LogP contribution in [0.25, 0.3) is 0 Å². The maximum atomic E-state index is 10.3. The fourth-order valence-electron chi connectivity index (χ4n) is 1.15. The molecule has 5 nitrogen and oxygen atoms in total. The maximum absolute atomic E-state index is 10.3. The summed E-state index contributed by atoms with van der Waals surface area (Å²) < 4.78 is 5.00. The molecule has 1 atom stereocenters. The molecular formula is C10H16N2O3. The molecular weight excluding hydrogens is 196 g/mol. The van der Waals surface area contributed by atoms with Crippen LogP contribution < -0.4 is 5.32 Å². The number of hydrogen-bond acceptors (Lipinski definition) is 4. The van der Waals surface area contributed by atoms with Crippen molar-refractivity contribution in [3.63, 3.8) is 0 Å². The highest BCUT2D eigenvalue weighted by molar-refractivity contribution is 5.17. The molecule has 1 rings (SSSR count). The Kier molecular flexibility index (Phi) is 4.30. The summed E-state index contributed by atoms with van der Waals surface area (Å²) in [5, 5.41) is 13.5. The van der Waals surface area contributed by atoms with Crippen molar-refractivity contribution in [2.45, 2.75) is 26.8 Å². The molecule has 0 aliphatic rings. The summed E-state index contributed by atoms with van der Waals surface area (Å²) >= 11 is 0. The van der Waals surface area contributed by atoms with E-state index in [0.29, 0.717) is 18.2 Å². The Morgan fingerprint density at radius 2 is 2.33 bits per heavy atom. The van der Waals surface area contributed by atoms with Crippen LogP contribution in [-0.4, -0.2) is 11.5 Å². The Balaban J connectivity index is 2.35. The third kappa shape index (κ3) is 3.71. The first-order valence-electron chi connectivity index (χ1n) is 5.07. The van der Waals surface area contributed by atoms with Gasteiger partial charge < -0.3 is 9.73 Å². The molecule has 0 bridgehead atoms. The van der Waals surface area contributed by atoms with E-state index in [4.69, 9.17) is 4.42 Å². The van der Waals surface area contributed by atoms with Gasteiger partial charge in [0.2, 0.25) is 0 Å². The largest absolute Gasteiger partial charge is 0.433 e. The van der Waals surface area contributed by atoms with Gasteiger partial charge in [-0.15, -0.1) is 0 Å². The van der Waals surface area contributed by atoms with E-state index in [1.54, 1.807) is 6.07 Å². The Bertz CT molecular complexity index is 322. The second-order valence-corrected chi connectivity index (χ2v) is 3.64. The highest BCUT2D eigenvalue weighted by atomic mass is 16.6. The molecule has 0 radical (unpaired) electrons. The van der Waals surface area contributed by atoms with Crippen molar-refractivity contribution < 1.29 is 9.34 Å². The minimum absolute atomic E-state index is 0.199. The van der Waals surface area contributed by atoms with Gasteiger partial charge in [0.25, 0.3) is 0 Å². The van der Waals surface area contributed by atoms with Gasteiger partial charge in [0, 0.05) is 0 Å². The van der Waals surface area contributed by atoms with Crippen molar-refractivity contribution in [2.75, 3.05) is 6.54 Å². The summed E-state index contributed by atoms with van der Waals surface area (Å²) in [6.07, 6.45) is 1.12. The number of furan rings is 1. The van der Waals surface area contributed by atoms with Crippen LogP contribution in [0.5, 0.6) is 0 Å². The summed E-state index contributed by atoms with van der Waals surface area (Å²) in [5.74, 6) is 1.01. The van der Waals surface area contributed by atoms with Crippen LogP contribution in [0.1, 0.15) is 26.0 Å². The summed E-state index contributed by atoms with van der Waals surface area (Å²) in [6, 6.07) is 3.00. The lowest BCUT2D eigenvalue weighted by Gasteiger charge is -2.07. The molecule has 1 heterocycles. The van der Waals surface area contributed by atoms with E-state index in [2.05, 4.69) is 19.2 Å². The van der Waals surface area contributed by atoms with Gasteiger partial charge in [-0.05, 0) is 18.5 Å². The van der Waals surface area contributed by atoms with Gasteiger partial charge in [-0.1, -0.05) is 20.3 Å². The molecule has 0 saturated carbocycles. The zero-order chi connectivity index (χ0) is 11.3. The van der Waals surface area contributed by atoms with Gasteiger partial charge in [0.15, 0.2) is 0 Å². The van der Waals surface area contributed by atoms with Gasteiger partial charge >= 0.3 is 5.88 Å². The smallest absolute Gasteiger partial charge is 0.404 e. The van der Waals surface area contributed by atoms with Crippen molar-refractivity contribution in [1.82, 2.24) is 5.32 Å². The minimum atomic E-state index is -0.530. The Morgan fingerprint density at radius 3 is 2.87 bits per heavy atom. The topological polar surface area (TPSA) is 68.3 Å². The van der Waals surface area contributed by atoms with Crippen molar-refractivity contribution in [1.29, 1.82) is 0 Å². The third-order valence-corrected chi connectivity index (χ3v) is 2.32. The van der Waals surface area contributed by atoms with E-state index < -0.39 is 4.92 Å². The molecule has 0 aliphatic carbocycles. The van der Waals surface area contributed by atoms with Crippen LogP contribution in [0.4, 0.5) is 5.88 Å². The molecule has 5 heteroatoms. The monoisotopic (exact) mass is 212 g/mol. The minimum Gasteiger partial charge on any atom is -0.404 e. The van der Waals surface area contributed by atoms with Gasteiger partial charge in [-0.3, -0.25) is 10.1 Å². The normalized spacial score (nSPS) is 12.7. The van der Waals surface area contributed by atoms with E-state index in [-0.39, 0.29) is 5.88 Å². The lowest BCUT2D eigenvalue weighted by molar-refractivity contribution is -0.402. The van der Waals surface area contributed by atoms with Crippen molar-refractivity contribution >= 4 is 5.88 Å². The fourth-order valence-corrected chi connectivity index (χ4v) is 1.15. The first kappa shape index (κ1) is 11.7. The molecule has 0 fully saturated rings. The first-order valence-corrected chi connectivity index (χ1v) is 5.07. The van der Waals surface area contributed by atoms with Gasteiger partial charge in [0.1, 0.15) is 10.7 Å². The highest BCUT2D eigenvalue weighted by Gasteiger charge is 2.11. The Labute approximate surface area is 88.6 Å². The van der Waals surface area contributed by atoms with E-state index in [1.165, 1.54) is 6.07 Å². The van der Waals surface area contributed by atoms with E-state index in [1.807, 2.05) is 0 Å². The molecule has 0 amide bonds. The lowest BCUT2D eigenvalue weighted by Crippen LogP contribution is -2.19. The van der Waals surface area contributed by atoms with Crippen LogP contribution in [0, 0.1) is 16.0 Å². The summed E-state index contributed by atoms with van der Waals surface area (Å²) in [4.78, 5) is 9.80. The highest BCUT2D eigenvalue weighted by Crippen LogP contribution is 2.15. The summed E-state index contributed by atoms with van der Waals surface area (Å²) in [7, 11) is 0. The molecule has 0 spiro atoms. The Morgan fingerprint density at radius 1 is 1.60 bits per heavy atom. The molecule has 0 saturated heterocycles. The number of nitrogens with one attached hydrogen (secondary N) is 1. The molecule has 1 aromatic rings. The molecule has 0 aromatic carbocycles. The molecule has 1 aromatic heterocycles. The zero-order valence-electron chi connectivity index (χ0n) is 9.03. The Hall–Kier alpha value is -1.36. The quantitative estimate of drug-likeness (QED) is 0.580. The standard InChI is InChI=1S/C10H16N2O3/c1-3-8(2)6-11-7-9-4-5-10(15-9)12(13)14/h4-5,8,11H,3,6-7H2,1-2H3. The summed E-state index contributed by atoms with van der Waals surface area (Å²) in [5.41, 5.74) is 0. The molecule has 1 N–H and O–H groups in total. The van der Waals surface area contributed by atoms with Crippen molar-refractivity contribution in [3.05, 3.63) is 28.0 Å². The van der Waals surface area contributed by atoms with E-state index in [9.17, 15) is 10.1 Å². The second-order valence-electron chi connectivity index (χ2n) is 3.64. The number of nitro groups is 1. The van der Waals surface area contributed by atoms with Gasteiger partial charge in [-0.2, -0.15) is 0 Å². The van der Waals surface area contributed by atoms with Crippen LogP contribution in [0.3, 0.4) is 0 Å². The van der Waals surface area contributed by atoms with Crippen LogP contribution in [-0.2, 0) is 6.54 Å².